The Morgan fingerprint density at radius 2 is 1.77 bits per heavy atom. The second-order valence-electron chi connectivity index (χ2n) is 4.50. The SMILES string of the molecule is CCCCNC(C)(C)SC(C)(C)N. The lowest BCUT2D eigenvalue weighted by Crippen LogP contribution is -2.43. The predicted molar refractivity (Wildman–Crippen MR) is 62.8 cm³/mol. The van der Waals surface area contributed by atoms with Gasteiger partial charge in [-0.25, -0.2) is 0 Å². The van der Waals surface area contributed by atoms with E-state index < -0.39 is 0 Å². The number of nitrogens with one attached hydrogen (secondary N) is 1. The van der Waals surface area contributed by atoms with Crippen molar-refractivity contribution in [2.24, 2.45) is 5.73 Å². The summed E-state index contributed by atoms with van der Waals surface area (Å²) in [6.07, 6.45) is 2.47. The maximum absolute atomic E-state index is 5.95. The Hall–Kier alpha value is 0.270. The second-order valence-corrected chi connectivity index (χ2v) is 6.77. The first-order valence-corrected chi connectivity index (χ1v) is 5.82. The lowest BCUT2D eigenvalue weighted by Gasteiger charge is -2.32. The number of rotatable bonds is 6. The van der Waals surface area contributed by atoms with E-state index in [4.69, 9.17) is 5.73 Å². The fourth-order valence-corrected chi connectivity index (χ4v) is 2.75. The molecule has 0 aliphatic carbocycles. The number of unbranched alkanes of at least 4 members (excludes halogenated alkanes) is 1. The first-order valence-electron chi connectivity index (χ1n) is 5.01. The van der Waals surface area contributed by atoms with E-state index in [1.165, 1.54) is 12.8 Å². The normalized spacial score (nSPS) is 13.4. The maximum Gasteiger partial charge on any atom is 0.0606 e. The van der Waals surface area contributed by atoms with Crippen LogP contribution in [0, 0.1) is 0 Å². The minimum atomic E-state index is -0.164. The fourth-order valence-electron chi connectivity index (χ4n) is 1.26. The van der Waals surface area contributed by atoms with Crippen LogP contribution in [0.2, 0.25) is 0 Å². The molecular formula is C10H24N2S. The summed E-state index contributed by atoms with van der Waals surface area (Å²) in [5.74, 6) is 0. The van der Waals surface area contributed by atoms with E-state index in [0.717, 1.165) is 6.54 Å². The molecule has 3 N–H and O–H groups in total. The Morgan fingerprint density at radius 3 is 2.15 bits per heavy atom. The van der Waals surface area contributed by atoms with Crippen LogP contribution in [0.25, 0.3) is 0 Å². The molecule has 3 heteroatoms. The number of nitrogens with two attached hydrogens (primary N) is 1. The van der Waals surface area contributed by atoms with Gasteiger partial charge in [0.2, 0.25) is 0 Å². The maximum atomic E-state index is 5.95. The molecule has 13 heavy (non-hydrogen) atoms. The molecule has 0 aromatic heterocycles. The molecule has 80 valence electrons. The zero-order valence-electron chi connectivity index (χ0n) is 9.61. The van der Waals surface area contributed by atoms with Crippen molar-refractivity contribution in [3.8, 4) is 0 Å². The van der Waals surface area contributed by atoms with E-state index in [2.05, 4.69) is 26.1 Å². The average Bonchev–Trinajstić information content (AvgIpc) is 1.81. The van der Waals surface area contributed by atoms with Gasteiger partial charge < -0.3 is 11.1 Å². The molecule has 0 spiro atoms. The molecule has 0 amide bonds. The van der Waals surface area contributed by atoms with E-state index in [9.17, 15) is 0 Å². The van der Waals surface area contributed by atoms with Crippen LogP contribution < -0.4 is 11.1 Å². The van der Waals surface area contributed by atoms with Crippen molar-refractivity contribution in [2.75, 3.05) is 6.54 Å². The van der Waals surface area contributed by atoms with Crippen LogP contribution in [0.1, 0.15) is 47.5 Å². The van der Waals surface area contributed by atoms with E-state index in [-0.39, 0.29) is 9.74 Å². The third-order valence-corrected chi connectivity index (χ3v) is 2.78. The zero-order chi connectivity index (χ0) is 10.5. The molecule has 0 aromatic carbocycles. The minimum absolute atomic E-state index is 0.0768. The fraction of sp³-hybridized carbons (Fsp3) is 1.00. The molecule has 0 radical (unpaired) electrons. The Kier molecular flexibility index (Phi) is 5.33. The summed E-state index contributed by atoms with van der Waals surface area (Å²) in [5, 5.41) is 3.50. The Bertz CT molecular complexity index is 138. The molecule has 0 aromatic rings. The molecule has 0 atom stereocenters. The van der Waals surface area contributed by atoms with Gasteiger partial charge in [0.05, 0.1) is 9.74 Å². The van der Waals surface area contributed by atoms with E-state index in [1.54, 1.807) is 11.8 Å². The van der Waals surface area contributed by atoms with Gasteiger partial charge in [0.25, 0.3) is 0 Å². The Balaban J connectivity index is 3.80. The minimum Gasteiger partial charge on any atom is -0.317 e. The zero-order valence-corrected chi connectivity index (χ0v) is 10.4. The van der Waals surface area contributed by atoms with Crippen LogP contribution in [-0.2, 0) is 0 Å². The highest BCUT2D eigenvalue weighted by molar-refractivity contribution is 8.01. The highest BCUT2D eigenvalue weighted by Crippen LogP contribution is 2.30. The first-order chi connectivity index (χ1) is 5.77. The molecule has 0 saturated carbocycles. The van der Waals surface area contributed by atoms with Crippen molar-refractivity contribution in [3.05, 3.63) is 0 Å². The van der Waals surface area contributed by atoms with Crippen molar-refractivity contribution < 1.29 is 0 Å². The van der Waals surface area contributed by atoms with Gasteiger partial charge in [-0.1, -0.05) is 13.3 Å². The van der Waals surface area contributed by atoms with Crippen molar-refractivity contribution >= 4 is 11.8 Å². The van der Waals surface area contributed by atoms with Crippen molar-refractivity contribution in [1.29, 1.82) is 0 Å². The van der Waals surface area contributed by atoms with Crippen LogP contribution >= 0.6 is 11.8 Å². The summed E-state index contributed by atoms with van der Waals surface area (Å²) in [6.45, 7) is 11.7. The van der Waals surface area contributed by atoms with E-state index in [1.807, 2.05) is 13.8 Å². The molecular weight excluding hydrogens is 180 g/mol. The third-order valence-electron chi connectivity index (χ3n) is 1.60. The highest BCUT2D eigenvalue weighted by Gasteiger charge is 2.25. The van der Waals surface area contributed by atoms with Crippen LogP contribution in [-0.4, -0.2) is 16.3 Å². The lowest BCUT2D eigenvalue weighted by atomic mass is 10.3. The van der Waals surface area contributed by atoms with Gasteiger partial charge in [0, 0.05) is 0 Å². The Labute approximate surface area is 87.0 Å². The van der Waals surface area contributed by atoms with Crippen LogP contribution in [0.3, 0.4) is 0 Å². The van der Waals surface area contributed by atoms with Gasteiger partial charge >= 0.3 is 0 Å². The quantitative estimate of drug-likeness (QED) is 0.516. The second kappa shape index (κ2) is 5.23. The number of hydrogen-bond donors (Lipinski definition) is 2. The average molecular weight is 204 g/mol. The Morgan fingerprint density at radius 1 is 1.23 bits per heavy atom. The summed E-state index contributed by atoms with van der Waals surface area (Å²) < 4.78 is 0. The molecule has 0 heterocycles. The summed E-state index contributed by atoms with van der Waals surface area (Å²) in [7, 11) is 0. The van der Waals surface area contributed by atoms with E-state index >= 15 is 0 Å². The molecule has 0 fully saturated rings. The summed E-state index contributed by atoms with van der Waals surface area (Å²) in [5.41, 5.74) is 5.95. The largest absolute Gasteiger partial charge is 0.317 e. The molecule has 0 rings (SSSR count). The summed E-state index contributed by atoms with van der Waals surface area (Å²) >= 11 is 1.78. The highest BCUT2D eigenvalue weighted by atomic mass is 32.2. The van der Waals surface area contributed by atoms with Crippen LogP contribution in [0.15, 0.2) is 0 Å². The van der Waals surface area contributed by atoms with E-state index in [0.29, 0.717) is 0 Å². The standard InChI is InChI=1S/C10H24N2S/c1-6-7-8-12-10(4,5)13-9(2,3)11/h12H,6-8,11H2,1-5H3. The van der Waals surface area contributed by atoms with Gasteiger partial charge in [-0.15, -0.1) is 11.8 Å². The molecule has 0 unspecified atom stereocenters. The molecule has 2 nitrogen and oxygen atoms in total. The summed E-state index contributed by atoms with van der Waals surface area (Å²) in [6, 6.07) is 0. The van der Waals surface area contributed by atoms with Crippen LogP contribution in [0.4, 0.5) is 0 Å². The van der Waals surface area contributed by atoms with Crippen molar-refractivity contribution in [2.45, 2.75) is 57.2 Å². The van der Waals surface area contributed by atoms with Gasteiger partial charge in [0.15, 0.2) is 0 Å². The summed E-state index contributed by atoms with van der Waals surface area (Å²) in [4.78, 5) is -0.0872. The van der Waals surface area contributed by atoms with Gasteiger partial charge in [-0.3, -0.25) is 0 Å². The molecule has 0 saturated heterocycles. The topological polar surface area (TPSA) is 38.0 Å². The van der Waals surface area contributed by atoms with Crippen LogP contribution in [0.5, 0.6) is 0 Å². The molecule has 0 aliphatic heterocycles. The number of thioether (sulfide) groups is 1. The van der Waals surface area contributed by atoms with Crippen molar-refractivity contribution in [1.82, 2.24) is 5.32 Å². The van der Waals surface area contributed by atoms with Gasteiger partial charge in [-0.2, -0.15) is 0 Å². The molecule has 0 aliphatic rings. The van der Waals surface area contributed by atoms with Crippen molar-refractivity contribution in [3.63, 3.8) is 0 Å². The smallest absolute Gasteiger partial charge is 0.0606 e. The monoisotopic (exact) mass is 204 g/mol. The lowest BCUT2D eigenvalue weighted by molar-refractivity contribution is 0.519. The number of hydrogen-bond acceptors (Lipinski definition) is 3. The third kappa shape index (κ3) is 8.60. The van der Waals surface area contributed by atoms with Gasteiger partial charge in [-0.05, 0) is 40.7 Å². The first kappa shape index (κ1) is 13.3. The predicted octanol–water partition coefficient (Wildman–Crippen LogP) is 2.54. The van der Waals surface area contributed by atoms with Gasteiger partial charge in [0.1, 0.15) is 0 Å². The molecule has 0 bridgehead atoms.